The van der Waals surface area contributed by atoms with E-state index in [0.717, 1.165) is 24.1 Å². The van der Waals surface area contributed by atoms with Gasteiger partial charge in [0.25, 0.3) is 5.91 Å². The lowest BCUT2D eigenvalue weighted by molar-refractivity contribution is 0.0989. The Kier molecular flexibility index (Phi) is 5.15. The first-order chi connectivity index (χ1) is 11.9. The van der Waals surface area contributed by atoms with Crippen LogP contribution in [0.2, 0.25) is 0 Å². The van der Waals surface area contributed by atoms with Crippen molar-refractivity contribution in [2.45, 2.75) is 26.7 Å². The van der Waals surface area contributed by atoms with Crippen molar-refractivity contribution in [1.82, 2.24) is 0 Å². The lowest BCUT2D eigenvalue weighted by Gasteiger charge is -2.29. The summed E-state index contributed by atoms with van der Waals surface area (Å²) in [6.07, 6.45) is 1.80. The molecule has 0 bridgehead atoms. The van der Waals surface area contributed by atoms with Gasteiger partial charge in [-0.05, 0) is 47.9 Å². The quantitative estimate of drug-likeness (QED) is 0.862. The van der Waals surface area contributed by atoms with Gasteiger partial charge in [0.05, 0.1) is 16.3 Å². The number of sulfonamides is 1. The summed E-state index contributed by atoms with van der Waals surface area (Å²) in [7, 11) is -3.39. The minimum absolute atomic E-state index is 0.0295. The molecule has 1 aromatic heterocycles. The maximum atomic E-state index is 12.8. The fraction of sp³-hybridized carbons (Fsp3) is 0.389. The molecule has 0 aliphatic carbocycles. The van der Waals surface area contributed by atoms with Crippen molar-refractivity contribution in [2.75, 3.05) is 21.9 Å². The van der Waals surface area contributed by atoms with E-state index < -0.39 is 10.0 Å². The summed E-state index contributed by atoms with van der Waals surface area (Å²) in [5.74, 6) is 0.0900. The van der Waals surface area contributed by atoms with Gasteiger partial charge in [0.1, 0.15) is 0 Å². The molecule has 2 aromatic rings. The molecule has 0 atom stereocenters. The Morgan fingerprint density at radius 1 is 1.32 bits per heavy atom. The molecule has 1 N–H and O–H groups in total. The van der Waals surface area contributed by atoms with Crippen LogP contribution < -0.4 is 9.62 Å². The van der Waals surface area contributed by atoms with Crippen LogP contribution in [0.15, 0.2) is 35.7 Å². The van der Waals surface area contributed by atoms with Gasteiger partial charge in [-0.25, -0.2) is 8.42 Å². The maximum absolute atomic E-state index is 12.8. The van der Waals surface area contributed by atoms with E-state index in [2.05, 4.69) is 4.72 Å². The zero-order chi connectivity index (χ0) is 18.0. The van der Waals surface area contributed by atoms with Crippen LogP contribution in [0.3, 0.4) is 0 Å². The molecule has 1 aliphatic heterocycles. The van der Waals surface area contributed by atoms with Crippen molar-refractivity contribution in [1.29, 1.82) is 0 Å². The van der Waals surface area contributed by atoms with Crippen molar-refractivity contribution < 1.29 is 13.2 Å². The number of nitrogens with zero attached hydrogens (tertiary/aromatic N) is 1. The normalized spacial score (nSPS) is 14.4. The molecular weight excluding hydrogens is 356 g/mol. The predicted molar refractivity (Wildman–Crippen MR) is 103 cm³/mol. The second-order valence-electron chi connectivity index (χ2n) is 6.66. The van der Waals surface area contributed by atoms with E-state index in [9.17, 15) is 13.2 Å². The third-order valence-corrected chi connectivity index (χ3v) is 6.52. The van der Waals surface area contributed by atoms with E-state index in [4.69, 9.17) is 0 Å². The first-order valence-electron chi connectivity index (χ1n) is 8.34. The lowest BCUT2D eigenvalue weighted by atomic mass is 10.0. The van der Waals surface area contributed by atoms with E-state index in [1.165, 1.54) is 11.3 Å². The Balaban J connectivity index is 1.89. The Morgan fingerprint density at radius 2 is 2.12 bits per heavy atom. The van der Waals surface area contributed by atoms with Crippen LogP contribution in [-0.2, 0) is 16.4 Å². The highest BCUT2D eigenvalue weighted by molar-refractivity contribution is 7.92. The number of benzene rings is 1. The van der Waals surface area contributed by atoms with Gasteiger partial charge in [0.2, 0.25) is 10.0 Å². The van der Waals surface area contributed by atoms with Crippen LogP contribution in [0, 0.1) is 5.92 Å². The van der Waals surface area contributed by atoms with Crippen LogP contribution in [-0.4, -0.2) is 26.6 Å². The zero-order valence-corrected chi connectivity index (χ0v) is 16.0. The summed E-state index contributed by atoms with van der Waals surface area (Å²) in [6.45, 7) is 4.38. The van der Waals surface area contributed by atoms with Gasteiger partial charge in [-0.3, -0.25) is 9.52 Å². The molecule has 1 amide bonds. The number of hydrogen-bond donors (Lipinski definition) is 1. The molecule has 25 heavy (non-hydrogen) atoms. The van der Waals surface area contributed by atoms with Crippen molar-refractivity contribution >= 4 is 38.6 Å². The van der Waals surface area contributed by atoms with Crippen molar-refractivity contribution in [3.05, 3.63) is 46.2 Å². The van der Waals surface area contributed by atoms with E-state index in [1.807, 2.05) is 37.4 Å². The van der Waals surface area contributed by atoms with Gasteiger partial charge >= 0.3 is 0 Å². The predicted octanol–water partition coefficient (Wildman–Crippen LogP) is 3.74. The summed E-state index contributed by atoms with van der Waals surface area (Å²) >= 11 is 1.42. The average Bonchev–Trinajstić information content (AvgIpc) is 3.06. The highest BCUT2D eigenvalue weighted by atomic mass is 32.2. The third-order valence-electron chi connectivity index (χ3n) is 4.01. The largest absolute Gasteiger partial charge is 0.307 e. The standard InChI is InChI=1S/C18H22N2O3S2/c1-13(2)12-25(22,23)19-15-8-7-14-5-3-9-20(16(14)11-15)18(21)17-6-4-10-24-17/h4,6-8,10-11,13,19H,3,5,9,12H2,1-2H3. The first kappa shape index (κ1) is 17.9. The summed E-state index contributed by atoms with van der Waals surface area (Å²) < 4.78 is 27.0. The molecule has 0 fully saturated rings. The smallest absolute Gasteiger partial charge is 0.268 e. The second kappa shape index (κ2) is 7.17. The molecule has 0 saturated heterocycles. The molecule has 5 nitrogen and oxygen atoms in total. The summed E-state index contributed by atoms with van der Waals surface area (Å²) in [4.78, 5) is 15.2. The number of carbonyl (C=O) groups excluding carboxylic acids is 1. The topological polar surface area (TPSA) is 66.5 Å². The Hall–Kier alpha value is -1.86. The SMILES string of the molecule is CC(C)CS(=O)(=O)Nc1ccc2c(c1)N(C(=O)c1cccs1)CCC2. The Bertz CT molecular complexity index is 858. The lowest BCUT2D eigenvalue weighted by Crippen LogP contribution is -2.35. The first-order valence-corrected chi connectivity index (χ1v) is 10.9. The van der Waals surface area contributed by atoms with Gasteiger partial charge in [-0.2, -0.15) is 0 Å². The molecule has 0 unspecified atom stereocenters. The van der Waals surface area contributed by atoms with E-state index in [0.29, 0.717) is 17.1 Å². The number of rotatable bonds is 5. The second-order valence-corrected chi connectivity index (χ2v) is 9.37. The summed E-state index contributed by atoms with van der Waals surface area (Å²) in [5.41, 5.74) is 2.38. The average molecular weight is 379 g/mol. The molecule has 1 aliphatic rings. The number of amides is 1. The minimum atomic E-state index is -3.39. The van der Waals surface area contributed by atoms with E-state index in [-0.39, 0.29) is 17.6 Å². The minimum Gasteiger partial charge on any atom is -0.307 e. The molecule has 134 valence electrons. The van der Waals surface area contributed by atoms with Crippen molar-refractivity contribution in [2.24, 2.45) is 5.92 Å². The van der Waals surface area contributed by atoms with Crippen LogP contribution in [0.1, 0.15) is 35.5 Å². The molecular formula is C18H22N2O3S2. The molecule has 0 saturated carbocycles. The fourth-order valence-electron chi connectivity index (χ4n) is 3.04. The fourth-order valence-corrected chi connectivity index (χ4v) is 5.16. The highest BCUT2D eigenvalue weighted by Crippen LogP contribution is 2.32. The van der Waals surface area contributed by atoms with Crippen LogP contribution in [0.5, 0.6) is 0 Å². The summed E-state index contributed by atoms with van der Waals surface area (Å²) in [6, 6.07) is 9.14. The number of fused-ring (bicyclic) bond motifs is 1. The van der Waals surface area contributed by atoms with Crippen LogP contribution in [0.4, 0.5) is 11.4 Å². The molecule has 2 heterocycles. The molecule has 3 rings (SSSR count). The molecule has 0 radical (unpaired) electrons. The van der Waals surface area contributed by atoms with Crippen LogP contribution in [0.25, 0.3) is 0 Å². The van der Waals surface area contributed by atoms with E-state index in [1.54, 1.807) is 17.0 Å². The number of hydrogen-bond acceptors (Lipinski definition) is 4. The van der Waals surface area contributed by atoms with Gasteiger partial charge in [0.15, 0.2) is 0 Å². The van der Waals surface area contributed by atoms with Crippen LogP contribution >= 0.6 is 11.3 Å². The highest BCUT2D eigenvalue weighted by Gasteiger charge is 2.25. The Morgan fingerprint density at radius 3 is 2.80 bits per heavy atom. The van der Waals surface area contributed by atoms with E-state index >= 15 is 0 Å². The number of anilines is 2. The van der Waals surface area contributed by atoms with Gasteiger partial charge in [0, 0.05) is 12.2 Å². The maximum Gasteiger partial charge on any atom is 0.268 e. The third kappa shape index (κ3) is 4.22. The Labute approximate surface area is 152 Å². The number of nitrogens with one attached hydrogen (secondary N) is 1. The zero-order valence-electron chi connectivity index (χ0n) is 14.4. The van der Waals surface area contributed by atoms with Crippen molar-refractivity contribution in [3.8, 4) is 0 Å². The number of thiophene rings is 1. The van der Waals surface area contributed by atoms with Gasteiger partial charge in [-0.15, -0.1) is 11.3 Å². The number of aryl methyl sites for hydroxylation is 1. The van der Waals surface area contributed by atoms with Crippen molar-refractivity contribution in [3.63, 3.8) is 0 Å². The monoisotopic (exact) mass is 378 g/mol. The van der Waals surface area contributed by atoms with Gasteiger partial charge in [-0.1, -0.05) is 26.0 Å². The van der Waals surface area contributed by atoms with Gasteiger partial charge < -0.3 is 4.90 Å². The summed E-state index contributed by atoms with van der Waals surface area (Å²) in [5, 5.41) is 1.88. The number of carbonyl (C=O) groups is 1. The molecule has 1 aromatic carbocycles. The molecule has 0 spiro atoms. The molecule has 7 heteroatoms.